The van der Waals surface area contributed by atoms with E-state index in [2.05, 4.69) is 4.98 Å². The summed E-state index contributed by atoms with van der Waals surface area (Å²) in [7, 11) is 1.39. The Morgan fingerprint density at radius 1 is 1.33 bits per heavy atom. The third kappa shape index (κ3) is 1.40. The third-order valence-electron chi connectivity index (χ3n) is 2.67. The molecule has 15 heavy (non-hydrogen) atoms. The van der Waals surface area contributed by atoms with Crippen molar-refractivity contribution in [1.29, 1.82) is 0 Å². The summed E-state index contributed by atoms with van der Waals surface area (Å²) in [5.74, 6) is -0.317. The molecule has 78 valence electrons. The standard InChI is InChI=1S/C12H13NO2/c1-7-5-4-6-9-10(7)8(2)11(13-9)12(14)15-3/h4-6,13H,1-3H3. The van der Waals surface area contributed by atoms with Gasteiger partial charge in [-0.05, 0) is 31.0 Å². The second-order valence-corrected chi connectivity index (χ2v) is 3.61. The van der Waals surface area contributed by atoms with Crippen LogP contribution in [0.1, 0.15) is 21.6 Å². The van der Waals surface area contributed by atoms with Gasteiger partial charge in [-0.15, -0.1) is 0 Å². The summed E-state index contributed by atoms with van der Waals surface area (Å²) in [5, 5.41) is 1.11. The molecule has 0 fully saturated rings. The van der Waals surface area contributed by atoms with Crippen molar-refractivity contribution in [2.75, 3.05) is 7.11 Å². The lowest BCUT2D eigenvalue weighted by Crippen LogP contribution is -2.03. The number of ether oxygens (including phenoxy) is 1. The zero-order valence-electron chi connectivity index (χ0n) is 9.05. The van der Waals surface area contributed by atoms with Gasteiger partial charge < -0.3 is 9.72 Å². The highest BCUT2D eigenvalue weighted by Crippen LogP contribution is 2.25. The highest BCUT2D eigenvalue weighted by Gasteiger charge is 2.15. The molecule has 0 aliphatic rings. The van der Waals surface area contributed by atoms with E-state index in [-0.39, 0.29) is 5.97 Å². The van der Waals surface area contributed by atoms with Crippen molar-refractivity contribution in [2.45, 2.75) is 13.8 Å². The molecule has 0 unspecified atom stereocenters. The molecule has 2 rings (SSSR count). The van der Waals surface area contributed by atoms with Crippen LogP contribution in [0.25, 0.3) is 10.9 Å². The summed E-state index contributed by atoms with van der Waals surface area (Å²) in [6, 6.07) is 5.96. The fraction of sp³-hybridized carbons (Fsp3) is 0.250. The molecule has 0 saturated carbocycles. The van der Waals surface area contributed by atoms with Crippen LogP contribution < -0.4 is 0 Å². The van der Waals surface area contributed by atoms with Crippen LogP contribution in [0, 0.1) is 13.8 Å². The molecule has 0 aliphatic heterocycles. The molecule has 1 aromatic heterocycles. The number of rotatable bonds is 1. The number of carbonyl (C=O) groups is 1. The number of fused-ring (bicyclic) bond motifs is 1. The summed E-state index contributed by atoms with van der Waals surface area (Å²) < 4.78 is 4.72. The number of hydrogen-bond donors (Lipinski definition) is 1. The minimum atomic E-state index is -0.317. The lowest BCUT2D eigenvalue weighted by Gasteiger charge is -1.97. The smallest absolute Gasteiger partial charge is 0.354 e. The topological polar surface area (TPSA) is 42.1 Å². The van der Waals surface area contributed by atoms with E-state index in [1.165, 1.54) is 7.11 Å². The summed E-state index contributed by atoms with van der Waals surface area (Å²) in [6.07, 6.45) is 0. The Balaban J connectivity index is 2.75. The second kappa shape index (κ2) is 3.42. The highest BCUT2D eigenvalue weighted by atomic mass is 16.5. The first-order valence-corrected chi connectivity index (χ1v) is 4.81. The van der Waals surface area contributed by atoms with Gasteiger partial charge in [-0.2, -0.15) is 0 Å². The van der Waals surface area contributed by atoms with E-state index in [0.717, 1.165) is 22.0 Å². The van der Waals surface area contributed by atoms with E-state index in [1.54, 1.807) is 0 Å². The third-order valence-corrected chi connectivity index (χ3v) is 2.67. The van der Waals surface area contributed by atoms with Gasteiger partial charge in [0.2, 0.25) is 0 Å². The zero-order valence-corrected chi connectivity index (χ0v) is 9.05. The van der Waals surface area contributed by atoms with Crippen LogP contribution in [0.2, 0.25) is 0 Å². The Kier molecular flexibility index (Phi) is 2.23. The number of aryl methyl sites for hydroxylation is 2. The van der Waals surface area contributed by atoms with Crippen LogP contribution in [0.3, 0.4) is 0 Å². The van der Waals surface area contributed by atoms with Crippen LogP contribution in [-0.2, 0) is 4.74 Å². The number of esters is 1. The van der Waals surface area contributed by atoms with Crippen LogP contribution in [0.5, 0.6) is 0 Å². The summed E-state index contributed by atoms with van der Waals surface area (Å²) >= 11 is 0. The molecule has 1 heterocycles. The van der Waals surface area contributed by atoms with E-state index in [4.69, 9.17) is 4.74 Å². The molecule has 0 aliphatic carbocycles. The number of aromatic nitrogens is 1. The maximum Gasteiger partial charge on any atom is 0.354 e. The second-order valence-electron chi connectivity index (χ2n) is 3.61. The average Bonchev–Trinajstić information content (AvgIpc) is 2.56. The minimum absolute atomic E-state index is 0.317. The van der Waals surface area contributed by atoms with Crippen molar-refractivity contribution in [1.82, 2.24) is 4.98 Å². The molecule has 0 saturated heterocycles. The average molecular weight is 203 g/mol. The van der Waals surface area contributed by atoms with E-state index in [1.807, 2.05) is 32.0 Å². The Hall–Kier alpha value is -1.77. The number of hydrogen-bond acceptors (Lipinski definition) is 2. The van der Waals surface area contributed by atoms with Gasteiger partial charge in [0.05, 0.1) is 7.11 Å². The molecule has 0 amide bonds. The van der Waals surface area contributed by atoms with Gasteiger partial charge >= 0.3 is 5.97 Å². The van der Waals surface area contributed by atoms with Gasteiger partial charge in [-0.25, -0.2) is 4.79 Å². The van der Waals surface area contributed by atoms with E-state index < -0.39 is 0 Å². The minimum Gasteiger partial charge on any atom is -0.464 e. The van der Waals surface area contributed by atoms with Crippen molar-refractivity contribution < 1.29 is 9.53 Å². The lowest BCUT2D eigenvalue weighted by atomic mass is 10.1. The predicted molar refractivity (Wildman–Crippen MR) is 59.1 cm³/mol. The fourth-order valence-electron chi connectivity index (χ4n) is 1.93. The van der Waals surface area contributed by atoms with Crippen LogP contribution >= 0.6 is 0 Å². The molecule has 0 spiro atoms. The largest absolute Gasteiger partial charge is 0.464 e. The Morgan fingerprint density at radius 2 is 2.07 bits per heavy atom. The van der Waals surface area contributed by atoms with Crippen LogP contribution in [0.15, 0.2) is 18.2 Å². The zero-order chi connectivity index (χ0) is 11.0. The number of aromatic amines is 1. The molecule has 0 bridgehead atoms. The number of benzene rings is 1. The van der Waals surface area contributed by atoms with Gasteiger partial charge in [-0.3, -0.25) is 0 Å². The van der Waals surface area contributed by atoms with E-state index >= 15 is 0 Å². The molecular formula is C12H13NO2. The monoisotopic (exact) mass is 203 g/mol. The van der Waals surface area contributed by atoms with Gasteiger partial charge in [0.1, 0.15) is 5.69 Å². The molecule has 0 atom stereocenters. The number of carbonyl (C=O) groups excluding carboxylic acids is 1. The maximum atomic E-state index is 11.5. The normalized spacial score (nSPS) is 10.6. The summed E-state index contributed by atoms with van der Waals surface area (Å²) in [4.78, 5) is 14.5. The first-order chi connectivity index (χ1) is 7.15. The van der Waals surface area contributed by atoms with Gasteiger partial charge in [-0.1, -0.05) is 12.1 Å². The lowest BCUT2D eigenvalue weighted by molar-refractivity contribution is 0.0594. The van der Waals surface area contributed by atoms with E-state index in [9.17, 15) is 4.79 Å². The number of methoxy groups -OCH3 is 1. The first kappa shape index (κ1) is 9.77. The fourth-order valence-corrected chi connectivity index (χ4v) is 1.93. The van der Waals surface area contributed by atoms with E-state index in [0.29, 0.717) is 5.69 Å². The SMILES string of the molecule is COC(=O)c1[nH]c2cccc(C)c2c1C. The van der Waals surface area contributed by atoms with Crippen LogP contribution in [0.4, 0.5) is 0 Å². The molecule has 1 N–H and O–H groups in total. The van der Waals surface area contributed by atoms with Crippen molar-refractivity contribution in [3.8, 4) is 0 Å². The van der Waals surface area contributed by atoms with Gasteiger partial charge in [0.25, 0.3) is 0 Å². The Morgan fingerprint density at radius 3 is 2.67 bits per heavy atom. The first-order valence-electron chi connectivity index (χ1n) is 4.81. The van der Waals surface area contributed by atoms with Crippen molar-refractivity contribution in [3.05, 3.63) is 35.0 Å². The Labute approximate surface area is 88.1 Å². The number of nitrogens with one attached hydrogen (secondary N) is 1. The molecule has 0 radical (unpaired) electrons. The number of H-pyrrole nitrogens is 1. The molecule has 3 nitrogen and oxygen atoms in total. The maximum absolute atomic E-state index is 11.5. The molecule has 2 aromatic rings. The summed E-state index contributed by atoms with van der Waals surface area (Å²) in [5.41, 5.74) is 3.64. The quantitative estimate of drug-likeness (QED) is 0.724. The molecule has 3 heteroatoms. The highest BCUT2D eigenvalue weighted by molar-refractivity contribution is 5.99. The van der Waals surface area contributed by atoms with Crippen molar-refractivity contribution >= 4 is 16.9 Å². The van der Waals surface area contributed by atoms with Crippen molar-refractivity contribution in [2.24, 2.45) is 0 Å². The Bertz CT molecular complexity index is 526. The predicted octanol–water partition coefficient (Wildman–Crippen LogP) is 2.57. The molecular weight excluding hydrogens is 190 g/mol. The summed E-state index contributed by atoms with van der Waals surface area (Å²) in [6.45, 7) is 3.96. The van der Waals surface area contributed by atoms with Gasteiger partial charge in [0.15, 0.2) is 0 Å². The van der Waals surface area contributed by atoms with Crippen molar-refractivity contribution in [3.63, 3.8) is 0 Å². The molecule has 1 aromatic carbocycles. The van der Waals surface area contributed by atoms with Crippen LogP contribution in [-0.4, -0.2) is 18.1 Å². The van der Waals surface area contributed by atoms with Gasteiger partial charge in [0, 0.05) is 10.9 Å².